The van der Waals surface area contributed by atoms with Crippen molar-refractivity contribution in [2.24, 2.45) is 0 Å². The van der Waals surface area contributed by atoms with Crippen LogP contribution in [-0.4, -0.2) is 30.2 Å². The molecule has 2 aromatic carbocycles. The molecule has 1 aliphatic rings. The van der Waals surface area contributed by atoms with E-state index in [1.807, 2.05) is 18.2 Å². The minimum atomic E-state index is 0.173. The van der Waals surface area contributed by atoms with Crippen molar-refractivity contribution in [3.63, 3.8) is 0 Å². The number of nitrogens with zero attached hydrogens (tertiary/aromatic N) is 2. The van der Waals surface area contributed by atoms with E-state index in [0.717, 1.165) is 42.6 Å². The molecule has 0 aliphatic carbocycles. The van der Waals surface area contributed by atoms with Crippen LogP contribution in [0.5, 0.6) is 11.5 Å². The highest BCUT2D eigenvalue weighted by Gasteiger charge is 2.27. The number of halogens is 1. The fourth-order valence-electron chi connectivity index (χ4n) is 4.03. The summed E-state index contributed by atoms with van der Waals surface area (Å²) in [6, 6.07) is 18.8. The van der Waals surface area contributed by atoms with Crippen LogP contribution in [0.25, 0.3) is 0 Å². The van der Waals surface area contributed by atoms with Crippen LogP contribution in [0.2, 0.25) is 5.02 Å². The Kier molecular flexibility index (Phi) is 5.60. The fourth-order valence-corrected chi connectivity index (χ4v) is 4.15. The molecule has 0 spiro atoms. The van der Waals surface area contributed by atoms with Gasteiger partial charge in [-0.05, 0) is 53.9 Å². The quantitative estimate of drug-likeness (QED) is 0.596. The second-order valence-corrected chi connectivity index (χ2v) is 7.56. The molecule has 1 aromatic heterocycles. The van der Waals surface area contributed by atoms with E-state index in [-0.39, 0.29) is 6.04 Å². The third-order valence-corrected chi connectivity index (χ3v) is 5.59. The van der Waals surface area contributed by atoms with Crippen molar-refractivity contribution in [1.29, 1.82) is 0 Å². The van der Waals surface area contributed by atoms with Gasteiger partial charge >= 0.3 is 0 Å². The summed E-state index contributed by atoms with van der Waals surface area (Å²) in [4.78, 5) is 2.52. The van der Waals surface area contributed by atoms with Crippen LogP contribution >= 0.6 is 11.6 Å². The number of ether oxygens (including phenoxy) is 2. The van der Waals surface area contributed by atoms with Crippen LogP contribution in [-0.2, 0) is 13.1 Å². The van der Waals surface area contributed by atoms with Gasteiger partial charge in [-0.3, -0.25) is 4.90 Å². The Morgan fingerprint density at radius 3 is 2.36 bits per heavy atom. The third-order valence-electron chi connectivity index (χ3n) is 5.34. The summed E-state index contributed by atoms with van der Waals surface area (Å²) in [5.74, 6) is 1.63. The van der Waals surface area contributed by atoms with Gasteiger partial charge in [0.1, 0.15) is 11.5 Å². The molecule has 0 fully saturated rings. The lowest BCUT2D eigenvalue weighted by Crippen LogP contribution is -2.29. The van der Waals surface area contributed by atoms with Gasteiger partial charge in [0.25, 0.3) is 0 Å². The van der Waals surface area contributed by atoms with Crippen LogP contribution in [0.1, 0.15) is 29.3 Å². The summed E-state index contributed by atoms with van der Waals surface area (Å²) in [6.07, 6.45) is 3.28. The molecule has 1 unspecified atom stereocenters. The molecule has 4 nitrogen and oxygen atoms in total. The zero-order chi connectivity index (χ0) is 19.5. The molecular formula is C23H25ClN2O2. The summed E-state index contributed by atoms with van der Waals surface area (Å²) < 4.78 is 13.3. The molecule has 0 amide bonds. The van der Waals surface area contributed by atoms with Crippen molar-refractivity contribution in [3.8, 4) is 11.5 Å². The van der Waals surface area contributed by atoms with Gasteiger partial charge in [-0.2, -0.15) is 0 Å². The van der Waals surface area contributed by atoms with E-state index in [1.54, 1.807) is 14.2 Å². The van der Waals surface area contributed by atoms with Crippen molar-refractivity contribution < 1.29 is 9.47 Å². The van der Waals surface area contributed by atoms with Crippen molar-refractivity contribution in [2.75, 3.05) is 20.8 Å². The Morgan fingerprint density at radius 2 is 1.68 bits per heavy atom. The maximum absolute atomic E-state index is 6.15. The summed E-state index contributed by atoms with van der Waals surface area (Å²) in [5.41, 5.74) is 3.74. The predicted molar refractivity (Wildman–Crippen MR) is 112 cm³/mol. The molecule has 2 heterocycles. The van der Waals surface area contributed by atoms with E-state index >= 15 is 0 Å². The number of aryl methyl sites for hydroxylation is 1. The van der Waals surface area contributed by atoms with E-state index in [1.165, 1.54) is 16.8 Å². The maximum atomic E-state index is 6.15. The minimum absolute atomic E-state index is 0.173. The Bertz CT molecular complexity index is 914. The molecule has 3 aromatic rings. The van der Waals surface area contributed by atoms with Gasteiger partial charge < -0.3 is 14.0 Å². The molecule has 0 saturated carbocycles. The van der Waals surface area contributed by atoms with Crippen molar-refractivity contribution >= 4 is 11.6 Å². The molecule has 0 bridgehead atoms. The number of hydrogen-bond donors (Lipinski definition) is 0. The molecule has 1 aliphatic heterocycles. The lowest BCUT2D eigenvalue weighted by Gasteiger charge is -2.31. The zero-order valence-corrected chi connectivity index (χ0v) is 17.0. The number of methoxy groups -OCH3 is 2. The summed E-state index contributed by atoms with van der Waals surface area (Å²) in [6.45, 7) is 2.85. The Balaban J connectivity index is 1.72. The van der Waals surface area contributed by atoms with Gasteiger partial charge in [-0.25, -0.2) is 0 Å². The lowest BCUT2D eigenvalue weighted by molar-refractivity contribution is 0.220. The van der Waals surface area contributed by atoms with Gasteiger partial charge in [0.15, 0.2) is 0 Å². The van der Waals surface area contributed by atoms with Gasteiger partial charge in [0, 0.05) is 42.6 Å². The average Bonchev–Trinajstić information content (AvgIpc) is 3.10. The molecule has 146 valence electrons. The number of benzene rings is 2. The van der Waals surface area contributed by atoms with Crippen LogP contribution in [0.15, 0.2) is 60.8 Å². The normalized spacial score (nSPS) is 17.0. The summed E-state index contributed by atoms with van der Waals surface area (Å²) in [5, 5.41) is 0.761. The minimum Gasteiger partial charge on any atom is -0.497 e. The topological polar surface area (TPSA) is 26.6 Å². The molecule has 5 heteroatoms. The summed E-state index contributed by atoms with van der Waals surface area (Å²) in [7, 11) is 3.38. The van der Waals surface area contributed by atoms with Crippen molar-refractivity contribution in [2.45, 2.75) is 25.6 Å². The molecule has 28 heavy (non-hydrogen) atoms. The highest BCUT2D eigenvalue weighted by Crippen LogP contribution is 2.34. The zero-order valence-electron chi connectivity index (χ0n) is 16.3. The highest BCUT2D eigenvalue weighted by molar-refractivity contribution is 6.30. The lowest BCUT2D eigenvalue weighted by atomic mass is 10.0. The van der Waals surface area contributed by atoms with E-state index < -0.39 is 0 Å². The SMILES string of the molecule is COc1cc(CN2CCCn3cccc3C2c2ccc(Cl)cc2)cc(OC)c1. The molecule has 0 saturated heterocycles. The van der Waals surface area contributed by atoms with Crippen LogP contribution < -0.4 is 9.47 Å². The standard InChI is InChI=1S/C23H25ClN2O2/c1-27-20-13-17(14-21(15-20)28-2)16-26-12-4-11-25-10-3-5-22(25)23(26)18-6-8-19(24)9-7-18/h3,5-10,13-15,23H,4,11-12,16H2,1-2H3. The molecule has 0 N–H and O–H groups in total. The molecular weight excluding hydrogens is 372 g/mol. The second kappa shape index (κ2) is 8.29. The molecule has 0 radical (unpaired) electrons. The molecule has 4 rings (SSSR count). The van der Waals surface area contributed by atoms with E-state index in [9.17, 15) is 0 Å². The second-order valence-electron chi connectivity index (χ2n) is 7.13. The number of fused-ring (bicyclic) bond motifs is 1. The van der Waals surface area contributed by atoms with Crippen LogP contribution in [0, 0.1) is 0 Å². The number of rotatable bonds is 5. The molecule has 1 atom stereocenters. The maximum Gasteiger partial charge on any atom is 0.122 e. The number of aromatic nitrogens is 1. The average molecular weight is 397 g/mol. The van der Waals surface area contributed by atoms with Gasteiger partial charge in [0.2, 0.25) is 0 Å². The van der Waals surface area contributed by atoms with Gasteiger partial charge in [0.05, 0.1) is 20.3 Å². The highest BCUT2D eigenvalue weighted by atomic mass is 35.5. The van der Waals surface area contributed by atoms with Gasteiger partial charge in [-0.1, -0.05) is 23.7 Å². The summed E-state index contributed by atoms with van der Waals surface area (Å²) >= 11 is 6.15. The third kappa shape index (κ3) is 3.89. The van der Waals surface area contributed by atoms with Crippen molar-refractivity contribution in [1.82, 2.24) is 9.47 Å². The predicted octanol–water partition coefficient (Wildman–Crippen LogP) is 5.15. The van der Waals surface area contributed by atoms with Gasteiger partial charge in [-0.15, -0.1) is 0 Å². The largest absolute Gasteiger partial charge is 0.497 e. The first-order valence-electron chi connectivity index (χ1n) is 9.54. The van der Waals surface area contributed by atoms with Crippen molar-refractivity contribution in [3.05, 3.63) is 82.6 Å². The Labute approximate surface area is 171 Å². The van der Waals surface area contributed by atoms with Crippen LogP contribution in [0.3, 0.4) is 0 Å². The first-order valence-corrected chi connectivity index (χ1v) is 9.92. The Morgan fingerprint density at radius 1 is 0.964 bits per heavy atom. The van der Waals surface area contributed by atoms with E-state index in [4.69, 9.17) is 21.1 Å². The van der Waals surface area contributed by atoms with E-state index in [2.05, 4.69) is 52.1 Å². The monoisotopic (exact) mass is 396 g/mol. The first-order chi connectivity index (χ1) is 13.7. The van der Waals surface area contributed by atoms with E-state index in [0.29, 0.717) is 0 Å². The van der Waals surface area contributed by atoms with Crippen LogP contribution in [0.4, 0.5) is 0 Å². The fraction of sp³-hybridized carbons (Fsp3) is 0.304. The smallest absolute Gasteiger partial charge is 0.122 e. The Hall–Kier alpha value is -2.43. The first kappa shape index (κ1) is 18.9. The number of hydrogen-bond acceptors (Lipinski definition) is 3.